The molecule has 1 atom stereocenters. The number of aromatic hydroxyl groups is 1. The largest absolute Gasteiger partial charge is 0.506 e. The molecule has 1 aromatic heterocycles. The fraction of sp³-hybridized carbons (Fsp3) is 0.438. The SMILES string of the molecule is CCCC[NH+](C)Cc1c(O)c(Cl)cc2c(C)cc(=O)oc12. The molecule has 0 radical (unpaired) electrons. The van der Waals surface area contributed by atoms with Gasteiger partial charge in [-0.3, -0.25) is 0 Å². The van der Waals surface area contributed by atoms with Gasteiger partial charge in [0.1, 0.15) is 12.3 Å². The van der Waals surface area contributed by atoms with Crippen LogP contribution in [0.15, 0.2) is 21.3 Å². The Bertz CT molecular complexity index is 709. The maximum absolute atomic E-state index is 11.6. The lowest BCUT2D eigenvalue weighted by atomic mass is 10.1. The average molecular weight is 311 g/mol. The third-order valence-electron chi connectivity index (χ3n) is 3.70. The average Bonchev–Trinajstić information content (AvgIpc) is 2.43. The molecule has 0 aliphatic heterocycles. The molecular weight excluding hydrogens is 290 g/mol. The van der Waals surface area contributed by atoms with E-state index in [9.17, 15) is 9.90 Å². The molecule has 2 rings (SSSR count). The van der Waals surface area contributed by atoms with E-state index in [1.165, 1.54) is 11.0 Å². The van der Waals surface area contributed by atoms with E-state index in [-0.39, 0.29) is 10.8 Å². The summed E-state index contributed by atoms with van der Waals surface area (Å²) in [7, 11) is 2.05. The van der Waals surface area contributed by atoms with Crippen LogP contribution >= 0.6 is 11.6 Å². The van der Waals surface area contributed by atoms with Gasteiger partial charge >= 0.3 is 5.63 Å². The number of unbranched alkanes of at least 4 members (excludes halogenated alkanes) is 1. The molecule has 0 spiro atoms. The van der Waals surface area contributed by atoms with Crippen LogP contribution in [0, 0.1) is 6.92 Å². The van der Waals surface area contributed by atoms with Crippen molar-refractivity contribution in [2.75, 3.05) is 13.6 Å². The van der Waals surface area contributed by atoms with Crippen LogP contribution < -0.4 is 10.5 Å². The maximum atomic E-state index is 11.6. The Balaban J connectivity index is 2.55. The standard InChI is InChI=1S/C16H20ClNO3/c1-4-5-6-18(3)9-12-15(20)13(17)8-11-10(2)7-14(19)21-16(11)12/h7-8,20H,4-6,9H2,1-3H3/p+1. The number of hydrogen-bond acceptors (Lipinski definition) is 3. The number of quaternary nitrogens is 1. The molecule has 0 saturated carbocycles. The van der Waals surface area contributed by atoms with Gasteiger partial charge in [0, 0.05) is 11.5 Å². The van der Waals surface area contributed by atoms with Crippen LogP contribution in [-0.4, -0.2) is 18.7 Å². The lowest BCUT2D eigenvalue weighted by molar-refractivity contribution is -0.893. The third-order valence-corrected chi connectivity index (χ3v) is 3.99. The van der Waals surface area contributed by atoms with Crippen LogP contribution in [0.4, 0.5) is 0 Å². The summed E-state index contributed by atoms with van der Waals surface area (Å²) in [5, 5.41) is 11.3. The number of benzene rings is 1. The zero-order valence-electron chi connectivity index (χ0n) is 12.6. The van der Waals surface area contributed by atoms with Crippen molar-refractivity contribution in [3.8, 4) is 5.75 Å². The Hall–Kier alpha value is -1.52. The van der Waals surface area contributed by atoms with Gasteiger partial charge in [0.15, 0.2) is 5.58 Å². The summed E-state index contributed by atoms with van der Waals surface area (Å²) < 4.78 is 5.33. The monoisotopic (exact) mass is 310 g/mol. The van der Waals surface area contributed by atoms with Gasteiger partial charge in [0.05, 0.1) is 24.2 Å². The highest BCUT2D eigenvalue weighted by atomic mass is 35.5. The summed E-state index contributed by atoms with van der Waals surface area (Å²) in [5.41, 5.74) is 1.44. The van der Waals surface area contributed by atoms with E-state index in [0.29, 0.717) is 17.7 Å². The van der Waals surface area contributed by atoms with Gasteiger partial charge in [-0.2, -0.15) is 0 Å². The quantitative estimate of drug-likeness (QED) is 0.833. The number of nitrogens with one attached hydrogen (secondary N) is 1. The lowest BCUT2D eigenvalue weighted by Crippen LogP contribution is -3.07. The summed E-state index contributed by atoms with van der Waals surface area (Å²) >= 11 is 6.11. The molecule has 0 aliphatic rings. The van der Waals surface area contributed by atoms with E-state index >= 15 is 0 Å². The molecule has 4 nitrogen and oxygen atoms in total. The molecule has 2 aromatic rings. The second kappa shape index (κ2) is 6.50. The van der Waals surface area contributed by atoms with Crippen molar-refractivity contribution in [2.24, 2.45) is 0 Å². The highest BCUT2D eigenvalue weighted by Gasteiger charge is 2.19. The van der Waals surface area contributed by atoms with Gasteiger partial charge in [-0.25, -0.2) is 4.79 Å². The predicted octanol–water partition coefficient (Wildman–Crippen LogP) is 2.28. The molecule has 21 heavy (non-hydrogen) atoms. The zero-order valence-corrected chi connectivity index (χ0v) is 13.4. The second-order valence-corrected chi connectivity index (χ2v) is 5.96. The zero-order chi connectivity index (χ0) is 15.6. The molecule has 0 amide bonds. The number of hydrogen-bond donors (Lipinski definition) is 2. The number of phenols is 1. The molecule has 0 bridgehead atoms. The molecule has 0 saturated heterocycles. The van der Waals surface area contributed by atoms with E-state index in [2.05, 4.69) is 14.0 Å². The van der Waals surface area contributed by atoms with Gasteiger partial charge in [-0.05, 0) is 25.0 Å². The number of fused-ring (bicyclic) bond motifs is 1. The van der Waals surface area contributed by atoms with Crippen LogP contribution in [0.2, 0.25) is 5.02 Å². The fourth-order valence-corrected chi connectivity index (χ4v) is 2.72. The van der Waals surface area contributed by atoms with Gasteiger partial charge in [0.25, 0.3) is 0 Å². The van der Waals surface area contributed by atoms with E-state index in [4.69, 9.17) is 16.0 Å². The van der Waals surface area contributed by atoms with Crippen molar-refractivity contribution >= 4 is 22.6 Å². The minimum absolute atomic E-state index is 0.00812. The summed E-state index contributed by atoms with van der Waals surface area (Å²) in [6.07, 6.45) is 2.22. The molecule has 114 valence electrons. The Morgan fingerprint density at radius 2 is 2.10 bits per heavy atom. The van der Waals surface area contributed by atoms with Gasteiger partial charge < -0.3 is 14.4 Å². The Morgan fingerprint density at radius 3 is 2.76 bits per heavy atom. The normalized spacial score (nSPS) is 12.8. The van der Waals surface area contributed by atoms with E-state index in [1.807, 2.05) is 6.92 Å². The van der Waals surface area contributed by atoms with Crippen LogP contribution in [0.3, 0.4) is 0 Å². The minimum atomic E-state index is -0.408. The first-order valence-corrected chi connectivity index (χ1v) is 7.58. The summed E-state index contributed by atoms with van der Waals surface area (Å²) in [6.45, 7) is 5.53. The minimum Gasteiger partial charge on any atom is -0.506 e. The Labute approximate surface area is 128 Å². The maximum Gasteiger partial charge on any atom is 0.336 e. The first kappa shape index (κ1) is 15.9. The number of aryl methyl sites for hydroxylation is 1. The van der Waals surface area contributed by atoms with Crippen LogP contribution in [0.5, 0.6) is 5.75 Å². The van der Waals surface area contributed by atoms with Crippen LogP contribution in [0.25, 0.3) is 11.0 Å². The fourth-order valence-electron chi connectivity index (χ4n) is 2.50. The van der Waals surface area contributed by atoms with Crippen molar-refractivity contribution in [1.82, 2.24) is 0 Å². The van der Waals surface area contributed by atoms with E-state index < -0.39 is 5.63 Å². The van der Waals surface area contributed by atoms with E-state index in [0.717, 1.165) is 30.3 Å². The number of halogens is 1. The molecule has 2 N–H and O–H groups in total. The first-order chi connectivity index (χ1) is 9.93. The highest BCUT2D eigenvalue weighted by Crippen LogP contribution is 2.34. The molecule has 1 unspecified atom stereocenters. The third kappa shape index (κ3) is 3.39. The van der Waals surface area contributed by atoms with Crippen LogP contribution in [0.1, 0.15) is 30.9 Å². The molecule has 5 heteroatoms. The van der Waals surface area contributed by atoms with Crippen molar-refractivity contribution in [1.29, 1.82) is 0 Å². The summed E-state index contributed by atoms with van der Waals surface area (Å²) in [5.74, 6) is 0.00812. The number of phenolic OH excluding ortho intramolecular Hbond substituents is 1. The van der Waals surface area contributed by atoms with Gasteiger partial charge in [-0.15, -0.1) is 0 Å². The Kier molecular flexibility index (Phi) is 4.91. The molecule has 1 aromatic carbocycles. The molecule has 0 aliphatic carbocycles. The topological polar surface area (TPSA) is 54.9 Å². The second-order valence-electron chi connectivity index (χ2n) is 5.55. The molecular formula is C16H21ClNO3+. The lowest BCUT2D eigenvalue weighted by Gasteiger charge is -2.16. The smallest absolute Gasteiger partial charge is 0.336 e. The highest BCUT2D eigenvalue weighted by molar-refractivity contribution is 6.33. The Morgan fingerprint density at radius 1 is 1.38 bits per heavy atom. The van der Waals surface area contributed by atoms with E-state index in [1.54, 1.807) is 6.07 Å². The van der Waals surface area contributed by atoms with Crippen molar-refractivity contribution < 1.29 is 14.4 Å². The first-order valence-electron chi connectivity index (χ1n) is 7.20. The molecule has 0 fully saturated rings. The molecule has 1 heterocycles. The number of rotatable bonds is 5. The summed E-state index contributed by atoms with van der Waals surface area (Å²) in [6, 6.07) is 3.09. The van der Waals surface area contributed by atoms with Gasteiger partial charge in [0.2, 0.25) is 0 Å². The van der Waals surface area contributed by atoms with Crippen molar-refractivity contribution in [3.63, 3.8) is 0 Å². The van der Waals surface area contributed by atoms with Crippen molar-refractivity contribution in [3.05, 3.63) is 38.7 Å². The summed E-state index contributed by atoms with van der Waals surface area (Å²) in [4.78, 5) is 12.9. The van der Waals surface area contributed by atoms with Crippen LogP contribution in [-0.2, 0) is 6.54 Å². The van der Waals surface area contributed by atoms with Crippen molar-refractivity contribution in [2.45, 2.75) is 33.2 Å². The van der Waals surface area contributed by atoms with Gasteiger partial charge in [-0.1, -0.05) is 24.9 Å². The predicted molar refractivity (Wildman–Crippen MR) is 84.3 cm³/mol.